The van der Waals surface area contributed by atoms with Crippen LogP contribution >= 0.6 is 46.4 Å². The van der Waals surface area contributed by atoms with Crippen LogP contribution in [0.2, 0.25) is 10.0 Å². The third-order valence-electron chi connectivity index (χ3n) is 5.14. The Hall–Kier alpha value is -2.50. The van der Waals surface area contributed by atoms with Crippen LogP contribution in [0.25, 0.3) is 0 Å². The molecule has 1 heterocycles. The van der Waals surface area contributed by atoms with Crippen molar-refractivity contribution < 1.29 is 9.53 Å². The Bertz CT molecular complexity index is 1270. The molecule has 0 saturated heterocycles. The molecule has 3 aromatic rings. The normalized spacial score (nSPS) is 20.1. The number of hydrazone groups is 1. The molecule has 1 unspecified atom stereocenters. The van der Waals surface area contributed by atoms with E-state index in [1.807, 2.05) is 30.3 Å². The van der Waals surface area contributed by atoms with E-state index in [4.69, 9.17) is 56.2 Å². The maximum atomic E-state index is 12.8. The number of carbonyl (C=O) groups is 1. The lowest BCUT2D eigenvalue weighted by Gasteiger charge is -2.39. The summed E-state index contributed by atoms with van der Waals surface area (Å²) in [5.74, 6) is -0.222. The molecule has 0 N–H and O–H groups in total. The molecular weight excluding hydrogens is 478 g/mol. The first-order valence-corrected chi connectivity index (χ1v) is 10.7. The van der Waals surface area contributed by atoms with Crippen LogP contribution in [0.5, 0.6) is 0 Å². The first-order valence-electron chi connectivity index (χ1n) is 9.22. The Balaban J connectivity index is 1.82. The van der Waals surface area contributed by atoms with E-state index in [0.717, 1.165) is 0 Å². The number of hydrogen-bond donors (Lipinski definition) is 0. The summed E-state index contributed by atoms with van der Waals surface area (Å²) in [7, 11) is 0. The lowest BCUT2D eigenvalue weighted by Crippen LogP contribution is -2.46. The van der Waals surface area contributed by atoms with Crippen molar-refractivity contribution >= 4 is 63.8 Å². The van der Waals surface area contributed by atoms with Crippen LogP contribution in [0.4, 0.5) is 5.69 Å². The van der Waals surface area contributed by atoms with E-state index in [1.165, 1.54) is 0 Å². The van der Waals surface area contributed by atoms with Gasteiger partial charge in [-0.25, -0.2) is 5.01 Å². The minimum atomic E-state index is -1.50. The number of fused-ring (bicyclic) bond motifs is 2. The van der Waals surface area contributed by atoms with Crippen LogP contribution in [0.3, 0.4) is 0 Å². The van der Waals surface area contributed by atoms with Gasteiger partial charge < -0.3 is 4.74 Å². The highest BCUT2D eigenvalue weighted by Gasteiger charge is 2.56. The fourth-order valence-corrected chi connectivity index (χ4v) is 4.84. The van der Waals surface area contributed by atoms with Gasteiger partial charge in [-0.15, -0.1) is 5.10 Å². The van der Waals surface area contributed by atoms with Gasteiger partial charge >= 0.3 is 0 Å². The Labute approximate surface area is 198 Å². The number of allylic oxidation sites excluding steroid dienone is 1. The number of para-hydroxylation sites is 1. The van der Waals surface area contributed by atoms with Crippen molar-refractivity contribution in [3.05, 3.63) is 110 Å². The third kappa shape index (κ3) is 2.98. The van der Waals surface area contributed by atoms with E-state index >= 15 is 0 Å². The van der Waals surface area contributed by atoms with E-state index in [2.05, 4.69) is 0 Å². The van der Waals surface area contributed by atoms with Crippen LogP contribution in [0.15, 0.2) is 88.0 Å². The number of Topliss-reactive ketones (excluding diaryl/α,β-unsaturated/α-hetero) is 1. The summed E-state index contributed by atoms with van der Waals surface area (Å²) in [5.41, 5.74) is 0.480. The molecule has 31 heavy (non-hydrogen) atoms. The van der Waals surface area contributed by atoms with Crippen molar-refractivity contribution in [1.29, 1.82) is 0 Å². The molecule has 3 aromatic carbocycles. The molecule has 154 valence electrons. The summed E-state index contributed by atoms with van der Waals surface area (Å²) in [6, 6.07) is 21.4. The molecule has 8 heteroatoms. The summed E-state index contributed by atoms with van der Waals surface area (Å²) in [6.45, 7) is 0. The Kier molecular flexibility index (Phi) is 4.98. The van der Waals surface area contributed by atoms with Crippen LogP contribution < -0.4 is 5.01 Å². The van der Waals surface area contributed by atoms with Crippen molar-refractivity contribution in [1.82, 2.24) is 0 Å². The number of carbonyl (C=O) groups excluding carboxylic acids is 1. The molecule has 1 atom stereocenters. The van der Waals surface area contributed by atoms with Gasteiger partial charge in [0.2, 0.25) is 11.7 Å². The van der Waals surface area contributed by atoms with Gasteiger partial charge in [0.25, 0.3) is 5.72 Å². The topological polar surface area (TPSA) is 41.9 Å². The minimum Gasteiger partial charge on any atom is -0.437 e. The van der Waals surface area contributed by atoms with Crippen LogP contribution in [-0.2, 0) is 10.5 Å². The van der Waals surface area contributed by atoms with E-state index in [1.54, 1.807) is 47.5 Å². The smallest absolute Gasteiger partial charge is 0.269 e. The van der Waals surface area contributed by atoms with Gasteiger partial charge in [0.1, 0.15) is 10.1 Å². The second kappa shape index (κ2) is 7.57. The van der Waals surface area contributed by atoms with Crippen LogP contribution in [0, 0.1) is 0 Å². The summed E-state index contributed by atoms with van der Waals surface area (Å²) < 4.78 is 6.44. The maximum absolute atomic E-state index is 12.8. The number of ketones is 1. The number of anilines is 1. The first-order chi connectivity index (χ1) is 14.9. The number of benzene rings is 3. The lowest BCUT2D eigenvalue weighted by atomic mass is 9.87. The predicted molar refractivity (Wildman–Crippen MR) is 124 cm³/mol. The van der Waals surface area contributed by atoms with Gasteiger partial charge in [0, 0.05) is 11.1 Å². The molecule has 1 aliphatic carbocycles. The van der Waals surface area contributed by atoms with Crippen LogP contribution in [-0.4, -0.2) is 11.7 Å². The van der Waals surface area contributed by atoms with Crippen LogP contribution in [0.1, 0.15) is 21.5 Å². The summed E-state index contributed by atoms with van der Waals surface area (Å²) in [6.07, 6.45) is 0. The van der Waals surface area contributed by atoms with Crippen molar-refractivity contribution in [2.75, 3.05) is 5.01 Å². The fraction of sp³-hybridized carbons (Fsp3) is 0.0435. The predicted octanol–water partition coefficient (Wildman–Crippen LogP) is 6.93. The molecule has 1 aliphatic heterocycles. The van der Waals surface area contributed by atoms with Gasteiger partial charge in [-0.3, -0.25) is 4.79 Å². The van der Waals surface area contributed by atoms with E-state index < -0.39 is 5.72 Å². The number of nitrogens with zero attached hydrogens (tertiary/aromatic N) is 2. The van der Waals surface area contributed by atoms with Crippen molar-refractivity contribution in [3.63, 3.8) is 0 Å². The molecule has 0 bridgehead atoms. The molecule has 1 spiro atoms. The van der Waals surface area contributed by atoms with E-state index in [-0.39, 0.29) is 21.7 Å². The largest absolute Gasteiger partial charge is 0.437 e. The summed E-state index contributed by atoms with van der Waals surface area (Å²) in [5, 5.41) is 6.90. The van der Waals surface area contributed by atoms with Crippen molar-refractivity contribution in [2.45, 2.75) is 5.72 Å². The average molecular weight is 490 g/mol. The second-order valence-corrected chi connectivity index (χ2v) is 8.47. The number of ether oxygens (including phenoxy) is 1. The zero-order valence-electron chi connectivity index (χ0n) is 15.7. The van der Waals surface area contributed by atoms with Gasteiger partial charge in [0.05, 0.1) is 21.3 Å². The zero-order chi connectivity index (χ0) is 21.8. The highest BCUT2D eigenvalue weighted by molar-refractivity contribution is 6.52. The molecule has 0 fully saturated rings. The Morgan fingerprint density at radius 3 is 2.16 bits per heavy atom. The standard InChI is InChI=1S/C23H12Cl4N2O2/c24-16-11-6-12-17(25)18(16)22-28-29(13-7-2-1-3-8-13)23(31-22)15-10-5-4-9-14(15)20(30)19(26)21(23)27/h1-12H. The van der Waals surface area contributed by atoms with Crippen molar-refractivity contribution in [2.24, 2.45) is 5.10 Å². The average Bonchev–Trinajstić information content (AvgIpc) is 3.18. The van der Waals surface area contributed by atoms with Gasteiger partial charge in [-0.2, -0.15) is 0 Å². The molecular formula is C23H12Cl4N2O2. The fourth-order valence-electron chi connectivity index (χ4n) is 3.75. The number of hydrogen-bond acceptors (Lipinski definition) is 4. The molecule has 4 nitrogen and oxygen atoms in total. The second-order valence-electron chi connectivity index (χ2n) is 6.90. The number of rotatable bonds is 2. The highest BCUT2D eigenvalue weighted by atomic mass is 35.5. The minimum absolute atomic E-state index is 0.00338. The number of halogens is 4. The first kappa shape index (κ1) is 20.4. The molecule has 0 aromatic heterocycles. The van der Waals surface area contributed by atoms with E-state index in [9.17, 15) is 4.79 Å². The molecule has 0 saturated carbocycles. The monoisotopic (exact) mass is 488 g/mol. The molecule has 0 radical (unpaired) electrons. The highest BCUT2D eigenvalue weighted by Crippen LogP contribution is 2.52. The van der Waals surface area contributed by atoms with Crippen molar-refractivity contribution in [3.8, 4) is 0 Å². The van der Waals surface area contributed by atoms with Gasteiger partial charge in [0.15, 0.2) is 0 Å². The SMILES string of the molecule is O=C1C(Cl)=C(Cl)C2(OC(c3c(Cl)cccc3Cl)=NN2c2ccccc2)c2ccccc21. The quantitative estimate of drug-likeness (QED) is 0.391. The van der Waals surface area contributed by atoms with E-state index in [0.29, 0.717) is 32.4 Å². The van der Waals surface area contributed by atoms with Gasteiger partial charge in [-0.1, -0.05) is 94.9 Å². The summed E-state index contributed by atoms with van der Waals surface area (Å²) >= 11 is 26.0. The Morgan fingerprint density at radius 2 is 1.45 bits per heavy atom. The maximum Gasteiger partial charge on any atom is 0.269 e. The molecule has 5 rings (SSSR count). The van der Waals surface area contributed by atoms with Gasteiger partial charge in [-0.05, 0) is 24.3 Å². The third-order valence-corrected chi connectivity index (χ3v) is 6.67. The Morgan fingerprint density at radius 1 is 0.806 bits per heavy atom. The lowest BCUT2D eigenvalue weighted by molar-refractivity contribution is 0.0959. The molecule has 0 amide bonds. The zero-order valence-corrected chi connectivity index (χ0v) is 18.7. The summed E-state index contributed by atoms with van der Waals surface area (Å²) in [4.78, 5) is 12.8. The molecule has 2 aliphatic rings.